The van der Waals surface area contributed by atoms with E-state index in [4.69, 9.17) is 5.26 Å². The van der Waals surface area contributed by atoms with E-state index in [-0.39, 0.29) is 11.9 Å². The molecule has 24 heavy (non-hydrogen) atoms. The number of carbonyl (C=O) groups is 1. The summed E-state index contributed by atoms with van der Waals surface area (Å²) in [7, 11) is 0. The van der Waals surface area contributed by atoms with Crippen molar-refractivity contribution in [3.8, 4) is 6.07 Å². The molecule has 2 aromatic carbocycles. The number of nitriles is 1. The molecule has 0 saturated carbocycles. The second kappa shape index (κ2) is 7.66. The second-order valence-corrected chi connectivity index (χ2v) is 5.62. The van der Waals surface area contributed by atoms with E-state index >= 15 is 0 Å². The number of nitrogens with zero attached hydrogens (tertiary/aromatic N) is 1. The number of benzene rings is 2. The maximum Gasteiger partial charge on any atom is 0.282 e. The third-order valence-electron chi connectivity index (χ3n) is 3.70. The Kier molecular flexibility index (Phi) is 5.61. The average Bonchev–Trinajstić information content (AvgIpc) is 2.54. The summed E-state index contributed by atoms with van der Waals surface area (Å²) >= 11 is 0. The lowest BCUT2D eigenvalue weighted by atomic mass is 10.1. The number of hydrogen-bond acceptors (Lipinski definition) is 2. The van der Waals surface area contributed by atoms with Crippen molar-refractivity contribution in [2.24, 2.45) is 0 Å². The van der Waals surface area contributed by atoms with Crippen LogP contribution in [0.5, 0.6) is 0 Å². The molecule has 0 aliphatic carbocycles. The van der Waals surface area contributed by atoms with Crippen molar-refractivity contribution in [1.82, 2.24) is 0 Å². The summed E-state index contributed by atoms with van der Waals surface area (Å²) < 4.78 is 26.8. The van der Waals surface area contributed by atoms with Gasteiger partial charge in [-0.1, -0.05) is 6.07 Å². The number of anilines is 1. The van der Waals surface area contributed by atoms with E-state index < -0.39 is 17.7 Å². The van der Waals surface area contributed by atoms with Gasteiger partial charge in [-0.05, 0) is 44.2 Å². The van der Waals surface area contributed by atoms with Crippen molar-refractivity contribution in [1.29, 1.82) is 5.26 Å². The number of hydrogen-bond donors (Lipinski definition) is 2. The number of carbonyl (C=O) groups excluding carboxylic acids is 1. The summed E-state index contributed by atoms with van der Waals surface area (Å²) in [6.07, 6.45) is 0. The van der Waals surface area contributed by atoms with Crippen molar-refractivity contribution < 1.29 is 18.9 Å². The Balaban J connectivity index is 2.01. The van der Waals surface area contributed by atoms with Crippen molar-refractivity contribution in [2.45, 2.75) is 25.9 Å². The fourth-order valence-electron chi connectivity index (χ4n) is 2.42. The summed E-state index contributed by atoms with van der Waals surface area (Å²) in [4.78, 5) is 12.2. The molecule has 2 aromatic rings. The monoisotopic (exact) mass is 330 g/mol. The summed E-state index contributed by atoms with van der Waals surface area (Å²) in [5.74, 6) is -1.53. The highest BCUT2D eigenvalue weighted by molar-refractivity contribution is 5.93. The quantitative estimate of drug-likeness (QED) is 0.884. The van der Waals surface area contributed by atoms with E-state index in [0.717, 1.165) is 6.07 Å². The molecular weight excluding hydrogens is 312 g/mol. The normalized spacial score (nSPS) is 13.0. The largest absolute Gasteiger partial charge is 0.330 e. The zero-order chi connectivity index (χ0) is 17.7. The van der Waals surface area contributed by atoms with E-state index in [1.807, 2.05) is 6.07 Å². The molecule has 0 aromatic heterocycles. The van der Waals surface area contributed by atoms with Gasteiger partial charge in [-0.3, -0.25) is 4.79 Å². The minimum absolute atomic E-state index is 0.264. The van der Waals surface area contributed by atoms with Gasteiger partial charge >= 0.3 is 0 Å². The molecule has 4 nitrogen and oxygen atoms in total. The summed E-state index contributed by atoms with van der Waals surface area (Å²) in [5, 5.41) is 13.3. The predicted molar refractivity (Wildman–Crippen MR) is 85.9 cm³/mol. The highest BCUT2D eigenvalue weighted by Crippen LogP contribution is 2.15. The van der Waals surface area contributed by atoms with Gasteiger partial charge < -0.3 is 10.6 Å². The summed E-state index contributed by atoms with van der Waals surface area (Å²) in [6.45, 7) is 3.44. The van der Waals surface area contributed by atoms with Gasteiger partial charge in [0.05, 0.1) is 11.6 Å². The highest BCUT2D eigenvalue weighted by atomic mass is 19.1. The van der Waals surface area contributed by atoms with Gasteiger partial charge in [-0.15, -0.1) is 0 Å². The average molecular weight is 330 g/mol. The van der Waals surface area contributed by atoms with Crippen LogP contribution in [0.3, 0.4) is 0 Å². The zero-order valence-corrected chi connectivity index (χ0v) is 13.4. The minimum Gasteiger partial charge on any atom is -0.330 e. The lowest BCUT2D eigenvalue weighted by Gasteiger charge is -2.17. The van der Waals surface area contributed by atoms with Crippen LogP contribution in [-0.2, 0) is 4.79 Å². The Bertz CT molecular complexity index is 786. The molecule has 0 spiro atoms. The third kappa shape index (κ3) is 4.37. The van der Waals surface area contributed by atoms with E-state index in [1.165, 1.54) is 12.1 Å². The molecule has 0 unspecified atom stereocenters. The van der Waals surface area contributed by atoms with Gasteiger partial charge in [0.1, 0.15) is 17.7 Å². The Hall–Kier alpha value is -2.78. The van der Waals surface area contributed by atoms with Crippen LogP contribution in [0.1, 0.15) is 31.0 Å². The smallest absolute Gasteiger partial charge is 0.282 e. The fourth-order valence-corrected chi connectivity index (χ4v) is 2.42. The van der Waals surface area contributed by atoms with Gasteiger partial charge in [0.2, 0.25) is 0 Å². The molecule has 0 saturated heterocycles. The van der Waals surface area contributed by atoms with E-state index in [0.29, 0.717) is 16.8 Å². The molecule has 2 rings (SSSR count). The Morgan fingerprint density at radius 2 is 1.96 bits per heavy atom. The standard InChI is InChI=1S/C18H17F2N3O/c1-11(16-7-6-14(19)9-17(16)20)22-12(2)18(24)23-15-5-3-4-13(8-15)10-21/h3-9,11-12,22H,1-2H3,(H,23,24)/p+1/t11-,12+/m0/s1. The van der Waals surface area contributed by atoms with Crippen LogP contribution in [-0.4, -0.2) is 11.9 Å². The van der Waals surface area contributed by atoms with Crippen molar-refractivity contribution in [2.75, 3.05) is 5.32 Å². The van der Waals surface area contributed by atoms with Crippen molar-refractivity contribution in [3.63, 3.8) is 0 Å². The lowest BCUT2D eigenvalue weighted by Crippen LogP contribution is -2.91. The molecule has 2 atom stereocenters. The number of nitrogens with one attached hydrogen (secondary N) is 1. The van der Waals surface area contributed by atoms with Crippen LogP contribution >= 0.6 is 0 Å². The van der Waals surface area contributed by atoms with E-state index in [2.05, 4.69) is 5.32 Å². The molecular formula is C18H18F2N3O+. The number of amides is 1. The number of nitrogens with two attached hydrogens (primary N) is 1. The topological polar surface area (TPSA) is 69.5 Å². The Morgan fingerprint density at radius 1 is 1.21 bits per heavy atom. The maximum atomic E-state index is 13.8. The minimum atomic E-state index is -0.633. The molecule has 0 heterocycles. The van der Waals surface area contributed by atoms with Crippen molar-refractivity contribution in [3.05, 3.63) is 65.2 Å². The van der Waals surface area contributed by atoms with Crippen LogP contribution in [0.25, 0.3) is 0 Å². The SMILES string of the molecule is C[C@H]([NH2+][C@H](C)C(=O)Nc1cccc(C#N)c1)c1ccc(F)cc1F. The Morgan fingerprint density at radius 3 is 2.62 bits per heavy atom. The van der Waals surface area contributed by atoms with Gasteiger partial charge in [-0.2, -0.15) is 5.26 Å². The molecule has 0 radical (unpaired) electrons. The van der Waals surface area contributed by atoms with Gasteiger partial charge in [0.25, 0.3) is 5.91 Å². The van der Waals surface area contributed by atoms with Crippen LogP contribution in [0.15, 0.2) is 42.5 Å². The first-order valence-corrected chi connectivity index (χ1v) is 7.51. The van der Waals surface area contributed by atoms with E-state index in [9.17, 15) is 13.6 Å². The number of quaternary nitrogens is 1. The zero-order valence-electron chi connectivity index (χ0n) is 13.4. The first kappa shape index (κ1) is 17.6. The van der Waals surface area contributed by atoms with Crippen molar-refractivity contribution >= 4 is 11.6 Å². The van der Waals surface area contributed by atoms with Gasteiger partial charge in [0, 0.05) is 17.3 Å². The van der Waals surface area contributed by atoms with Crippen LogP contribution < -0.4 is 10.6 Å². The summed E-state index contributed by atoms with van der Waals surface area (Å²) in [5.41, 5.74) is 1.31. The molecule has 0 bridgehead atoms. The van der Waals surface area contributed by atoms with Crippen LogP contribution in [0.4, 0.5) is 14.5 Å². The third-order valence-corrected chi connectivity index (χ3v) is 3.70. The van der Waals surface area contributed by atoms with Crippen LogP contribution in [0.2, 0.25) is 0 Å². The first-order valence-electron chi connectivity index (χ1n) is 7.51. The molecule has 6 heteroatoms. The number of halogens is 2. The highest BCUT2D eigenvalue weighted by Gasteiger charge is 2.22. The molecule has 0 aliphatic rings. The van der Waals surface area contributed by atoms with E-state index in [1.54, 1.807) is 43.4 Å². The molecule has 1 amide bonds. The van der Waals surface area contributed by atoms with Gasteiger partial charge in [-0.25, -0.2) is 8.78 Å². The van der Waals surface area contributed by atoms with Gasteiger partial charge in [0.15, 0.2) is 6.04 Å². The molecule has 0 aliphatic heterocycles. The lowest BCUT2D eigenvalue weighted by molar-refractivity contribution is -0.710. The molecule has 3 N–H and O–H groups in total. The fraction of sp³-hybridized carbons (Fsp3) is 0.222. The van der Waals surface area contributed by atoms with Crippen LogP contribution in [0, 0.1) is 23.0 Å². The maximum absolute atomic E-state index is 13.8. The first-order chi connectivity index (χ1) is 11.4. The molecule has 0 fully saturated rings. The summed E-state index contributed by atoms with van der Waals surface area (Å²) in [6, 6.07) is 11.2. The predicted octanol–water partition coefficient (Wildman–Crippen LogP) is 2.49. The number of rotatable bonds is 5. The second-order valence-electron chi connectivity index (χ2n) is 5.62. The Labute approximate surface area is 139 Å². The molecule has 124 valence electrons.